The molecule has 3 N–H and O–H groups in total. The average Bonchev–Trinajstić information content (AvgIpc) is 2.98. The summed E-state index contributed by atoms with van der Waals surface area (Å²) in [5.41, 5.74) is 6.58. The van der Waals surface area contributed by atoms with Gasteiger partial charge in [-0.05, 0) is 38.3 Å². The van der Waals surface area contributed by atoms with E-state index >= 15 is 0 Å². The number of aromatic nitrogens is 4. The lowest BCUT2D eigenvalue weighted by Crippen LogP contribution is -2.19. The summed E-state index contributed by atoms with van der Waals surface area (Å²) in [6.45, 7) is 2.51. The molecule has 3 aromatic rings. The molecule has 1 saturated heterocycles. The Morgan fingerprint density at radius 2 is 2.00 bits per heavy atom. The second kappa shape index (κ2) is 6.93. The minimum atomic E-state index is -4.53. The van der Waals surface area contributed by atoms with Crippen LogP contribution in [-0.4, -0.2) is 26.1 Å². The smallest absolute Gasteiger partial charge is 0.397 e. The van der Waals surface area contributed by atoms with Gasteiger partial charge in [0.25, 0.3) is 0 Å². The lowest BCUT2D eigenvalue weighted by atomic mass is 10.2. The molecule has 1 aliphatic heterocycles. The summed E-state index contributed by atoms with van der Waals surface area (Å²) in [7, 11) is 0. The zero-order chi connectivity index (χ0) is 19.9. The summed E-state index contributed by atoms with van der Waals surface area (Å²) in [6, 6.07) is 5.16. The number of nitrogens with one attached hydrogen (secondary N) is 1. The van der Waals surface area contributed by atoms with Crippen molar-refractivity contribution in [1.29, 1.82) is 0 Å². The van der Waals surface area contributed by atoms with Gasteiger partial charge < -0.3 is 15.8 Å². The molecule has 4 heterocycles. The van der Waals surface area contributed by atoms with Gasteiger partial charge in [-0.25, -0.2) is 15.0 Å². The Morgan fingerprint density at radius 1 is 1.18 bits per heavy atom. The molecule has 0 aliphatic carbocycles. The fourth-order valence-electron chi connectivity index (χ4n) is 3.33. The molecule has 7 nitrogen and oxygen atoms in total. The van der Waals surface area contributed by atoms with Crippen molar-refractivity contribution in [2.75, 3.05) is 17.7 Å². The van der Waals surface area contributed by atoms with Crippen LogP contribution in [0.25, 0.3) is 11.2 Å². The summed E-state index contributed by atoms with van der Waals surface area (Å²) in [4.78, 5) is 12.6. The lowest BCUT2D eigenvalue weighted by molar-refractivity contribution is -0.141. The SMILES string of the molecule is Cc1nc2c(N)cc(Nc3cccc(C(F)(F)F)n3)nc2n1C1CCCCO1. The highest BCUT2D eigenvalue weighted by Crippen LogP contribution is 2.32. The number of nitrogen functional groups attached to an aromatic ring is 1. The van der Waals surface area contributed by atoms with Crippen LogP contribution in [0, 0.1) is 6.92 Å². The van der Waals surface area contributed by atoms with Crippen molar-refractivity contribution in [1.82, 2.24) is 19.5 Å². The van der Waals surface area contributed by atoms with Gasteiger partial charge in [-0.1, -0.05) is 6.07 Å². The van der Waals surface area contributed by atoms with Crippen LogP contribution in [0.4, 0.5) is 30.5 Å². The van der Waals surface area contributed by atoms with Gasteiger partial charge in [-0.15, -0.1) is 0 Å². The zero-order valence-electron chi connectivity index (χ0n) is 15.1. The highest BCUT2D eigenvalue weighted by molar-refractivity contribution is 5.87. The van der Waals surface area contributed by atoms with Gasteiger partial charge in [0, 0.05) is 12.7 Å². The number of halogens is 3. The van der Waals surface area contributed by atoms with Crippen molar-refractivity contribution in [3.05, 3.63) is 35.8 Å². The maximum Gasteiger partial charge on any atom is 0.433 e. The van der Waals surface area contributed by atoms with E-state index in [1.165, 1.54) is 18.2 Å². The van der Waals surface area contributed by atoms with Crippen LogP contribution < -0.4 is 11.1 Å². The van der Waals surface area contributed by atoms with Gasteiger partial charge >= 0.3 is 6.18 Å². The number of nitrogens with zero attached hydrogens (tertiary/aromatic N) is 4. The lowest BCUT2D eigenvalue weighted by Gasteiger charge is -2.25. The van der Waals surface area contributed by atoms with E-state index in [1.54, 1.807) is 0 Å². The first kappa shape index (κ1) is 18.5. The zero-order valence-corrected chi connectivity index (χ0v) is 15.1. The van der Waals surface area contributed by atoms with Gasteiger partial charge in [0.1, 0.15) is 34.9 Å². The number of pyridine rings is 2. The average molecular weight is 392 g/mol. The molecule has 0 saturated carbocycles. The summed E-state index contributed by atoms with van der Waals surface area (Å²) >= 11 is 0. The van der Waals surface area contributed by atoms with E-state index in [2.05, 4.69) is 20.3 Å². The van der Waals surface area contributed by atoms with Crippen molar-refractivity contribution in [2.24, 2.45) is 0 Å². The Labute approximate surface area is 158 Å². The number of hydrogen-bond acceptors (Lipinski definition) is 6. The quantitative estimate of drug-likeness (QED) is 0.695. The molecule has 0 radical (unpaired) electrons. The number of aryl methyl sites for hydroxylation is 1. The van der Waals surface area contributed by atoms with Crippen molar-refractivity contribution < 1.29 is 17.9 Å². The fourth-order valence-corrected chi connectivity index (χ4v) is 3.33. The number of nitrogens with two attached hydrogens (primary N) is 1. The first-order valence-electron chi connectivity index (χ1n) is 8.91. The number of rotatable bonds is 3. The number of ether oxygens (including phenoxy) is 1. The van der Waals surface area contributed by atoms with Crippen molar-refractivity contribution in [2.45, 2.75) is 38.6 Å². The van der Waals surface area contributed by atoms with Gasteiger partial charge in [0.15, 0.2) is 5.65 Å². The Balaban J connectivity index is 1.72. The molecule has 148 valence electrons. The minimum Gasteiger partial charge on any atom is -0.397 e. The van der Waals surface area contributed by atoms with Crippen molar-refractivity contribution >= 4 is 28.5 Å². The highest BCUT2D eigenvalue weighted by Gasteiger charge is 2.32. The third-order valence-electron chi connectivity index (χ3n) is 4.59. The van der Waals surface area contributed by atoms with E-state index < -0.39 is 11.9 Å². The molecule has 10 heteroatoms. The summed E-state index contributed by atoms with van der Waals surface area (Å²) in [5, 5.41) is 2.80. The first-order chi connectivity index (χ1) is 13.3. The van der Waals surface area contributed by atoms with Crippen LogP contribution >= 0.6 is 0 Å². The van der Waals surface area contributed by atoms with E-state index in [1.807, 2.05) is 11.5 Å². The third-order valence-corrected chi connectivity index (χ3v) is 4.59. The van der Waals surface area contributed by atoms with Gasteiger partial charge in [-0.2, -0.15) is 13.2 Å². The third kappa shape index (κ3) is 3.47. The topological polar surface area (TPSA) is 90.9 Å². The van der Waals surface area contributed by atoms with E-state index in [0.29, 0.717) is 23.5 Å². The number of anilines is 3. The summed E-state index contributed by atoms with van der Waals surface area (Å²) in [5.74, 6) is 1.03. The molecule has 1 unspecified atom stereocenters. The largest absolute Gasteiger partial charge is 0.433 e. The molecule has 1 fully saturated rings. The second-order valence-electron chi connectivity index (χ2n) is 6.65. The molecule has 1 aliphatic rings. The van der Waals surface area contributed by atoms with Gasteiger partial charge in [0.05, 0.1) is 5.69 Å². The molecule has 0 amide bonds. The number of alkyl halides is 3. The predicted octanol–water partition coefficient (Wildman–Crippen LogP) is 4.18. The molecule has 4 rings (SSSR count). The number of imidazole rings is 1. The maximum atomic E-state index is 12.9. The summed E-state index contributed by atoms with van der Waals surface area (Å²) < 4.78 is 46.4. The standard InChI is InChI=1S/C18H19F3N6O/c1-10-23-16-11(22)9-14(25-13-6-4-5-12(24-13)18(19,20)21)26-17(16)27(10)15-7-2-3-8-28-15/h4-6,9,15H,2-3,7-8H2,1H3,(H3,22,24,25,26). The van der Waals surface area contributed by atoms with E-state index in [0.717, 1.165) is 31.2 Å². The van der Waals surface area contributed by atoms with Crippen LogP contribution in [0.15, 0.2) is 24.3 Å². The maximum absolute atomic E-state index is 12.9. The molecule has 3 aromatic heterocycles. The van der Waals surface area contributed by atoms with Crippen LogP contribution in [0.1, 0.15) is 37.0 Å². The van der Waals surface area contributed by atoms with Crippen LogP contribution in [0.3, 0.4) is 0 Å². The van der Waals surface area contributed by atoms with Crippen molar-refractivity contribution in [3.8, 4) is 0 Å². The second-order valence-corrected chi connectivity index (χ2v) is 6.65. The van der Waals surface area contributed by atoms with Gasteiger partial charge in [0.2, 0.25) is 0 Å². The number of fused-ring (bicyclic) bond motifs is 1. The minimum absolute atomic E-state index is 0.0257. The van der Waals surface area contributed by atoms with Crippen molar-refractivity contribution in [3.63, 3.8) is 0 Å². The molecule has 1 atom stereocenters. The Morgan fingerprint density at radius 3 is 2.71 bits per heavy atom. The Kier molecular flexibility index (Phi) is 4.58. The monoisotopic (exact) mass is 392 g/mol. The summed E-state index contributed by atoms with van der Waals surface area (Å²) in [6.07, 6.45) is -1.84. The van der Waals surface area contributed by atoms with E-state index in [4.69, 9.17) is 10.5 Å². The molecule has 0 bridgehead atoms. The first-order valence-corrected chi connectivity index (χ1v) is 8.91. The highest BCUT2D eigenvalue weighted by atomic mass is 19.4. The molecule has 0 spiro atoms. The van der Waals surface area contributed by atoms with E-state index in [9.17, 15) is 13.2 Å². The number of hydrogen-bond donors (Lipinski definition) is 2. The van der Waals surface area contributed by atoms with Crippen LogP contribution in [-0.2, 0) is 10.9 Å². The molecule has 28 heavy (non-hydrogen) atoms. The van der Waals surface area contributed by atoms with Gasteiger partial charge in [-0.3, -0.25) is 4.57 Å². The van der Waals surface area contributed by atoms with Crippen LogP contribution in [0.2, 0.25) is 0 Å². The molecular weight excluding hydrogens is 373 g/mol. The molecular formula is C18H19F3N6O. The Hall–Kier alpha value is -2.88. The predicted molar refractivity (Wildman–Crippen MR) is 98.0 cm³/mol. The van der Waals surface area contributed by atoms with E-state index in [-0.39, 0.29) is 17.9 Å². The van der Waals surface area contributed by atoms with Crippen LogP contribution in [0.5, 0.6) is 0 Å². The Bertz CT molecular complexity index is 1010. The normalized spacial score (nSPS) is 17.8. The fraction of sp³-hybridized carbons (Fsp3) is 0.389. The molecule has 0 aromatic carbocycles.